The van der Waals surface area contributed by atoms with Gasteiger partial charge in [0.15, 0.2) is 6.61 Å². The van der Waals surface area contributed by atoms with E-state index in [1.54, 1.807) is 24.3 Å². The SMILES string of the molecule is Cn1c(=O)c2ccn(CC(=O)OCC(=O)Nc3ccc(CC#N)cc3)c2n(C)c1=O. The number of hydrogen-bond donors (Lipinski definition) is 1. The molecule has 0 unspecified atom stereocenters. The molecule has 0 fully saturated rings. The summed E-state index contributed by atoms with van der Waals surface area (Å²) in [4.78, 5) is 48.4. The Hall–Kier alpha value is -4.13. The lowest BCUT2D eigenvalue weighted by molar-refractivity contribution is -0.147. The summed E-state index contributed by atoms with van der Waals surface area (Å²) in [5, 5.41) is 11.5. The van der Waals surface area contributed by atoms with Crippen LogP contribution < -0.4 is 16.6 Å². The average molecular weight is 409 g/mol. The lowest BCUT2D eigenvalue weighted by atomic mass is 10.1. The van der Waals surface area contributed by atoms with Crippen LogP contribution in [0, 0.1) is 11.3 Å². The molecule has 154 valence electrons. The summed E-state index contributed by atoms with van der Waals surface area (Å²) in [6.45, 7) is -0.751. The molecule has 2 aromatic heterocycles. The third-order valence-electron chi connectivity index (χ3n) is 4.55. The largest absolute Gasteiger partial charge is 0.454 e. The van der Waals surface area contributed by atoms with Crippen molar-refractivity contribution in [2.75, 3.05) is 11.9 Å². The Morgan fingerprint density at radius 2 is 1.80 bits per heavy atom. The van der Waals surface area contributed by atoms with E-state index in [4.69, 9.17) is 10.00 Å². The number of fused-ring (bicyclic) bond motifs is 1. The van der Waals surface area contributed by atoms with Gasteiger partial charge >= 0.3 is 11.7 Å². The van der Waals surface area contributed by atoms with Gasteiger partial charge in [0, 0.05) is 26.0 Å². The van der Waals surface area contributed by atoms with Crippen molar-refractivity contribution >= 4 is 28.6 Å². The number of rotatable bonds is 6. The minimum atomic E-state index is -0.694. The summed E-state index contributed by atoms with van der Waals surface area (Å²) in [5.41, 5.74) is 0.661. The molecule has 0 bridgehead atoms. The molecule has 3 rings (SSSR count). The number of esters is 1. The molecule has 10 heteroatoms. The number of aromatic nitrogens is 3. The number of ether oxygens (including phenoxy) is 1. The molecule has 3 aromatic rings. The van der Waals surface area contributed by atoms with E-state index < -0.39 is 29.7 Å². The first-order valence-corrected chi connectivity index (χ1v) is 8.98. The van der Waals surface area contributed by atoms with E-state index in [9.17, 15) is 19.2 Å². The lowest BCUT2D eigenvalue weighted by Gasteiger charge is -2.10. The van der Waals surface area contributed by atoms with Crippen LogP contribution in [0.3, 0.4) is 0 Å². The maximum atomic E-state index is 12.2. The maximum Gasteiger partial charge on any atom is 0.332 e. The van der Waals surface area contributed by atoms with E-state index in [2.05, 4.69) is 5.32 Å². The van der Waals surface area contributed by atoms with Crippen molar-refractivity contribution in [2.24, 2.45) is 14.1 Å². The highest BCUT2D eigenvalue weighted by molar-refractivity contribution is 5.92. The maximum absolute atomic E-state index is 12.2. The zero-order valence-electron chi connectivity index (χ0n) is 16.4. The highest BCUT2D eigenvalue weighted by atomic mass is 16.5. The normalized spacial score (nSPS) is 10.6. The quantitative estimate of drug-likeness (QED) is 0.583. The van der Waals surface area contributed by atoms with Crippen LogP contribution in [-0.2, 0) is 41.4 Å². The van der Waals surface area contributed by atoms with Crippen molar-refractivity contribution in [3.05, 3.63) is 62.9 Å². The summed E-state index contributed by atoms with van der Waals surface area (Å²) in [7, 11) is 2.88. The smallest absolute Gasteiger partial charge is 0.332 e. The summed E-state index contributed by atoms with van der Waals surface area (Å²) < 4.78 is 8.68. The number of nitrogens with one attached hydrogen (secondary N) is 1. The van der Waals surface area contributed by atoms with Crippen molar-refractivity contribution in [1.29, 1.82) is 5.26 Å². The molecule has 1 amide bonds. The second-order valence-corrected chi connectivity index (χ2v) is 6.63. The Kier molecular flexibility index (Phi) is 5.83. The number of nitrogens with zero attached hydrogens (tertiary/aromatic N) is 4. The first-order chi connectivity index (χ1) is 14.3. The molecule has 0 aliphatic rings. The average Bonchev–Trinajstić information content (AvgIpc) is 3.14. The Bertz CT molecular complexity index is 1270. The highest BCUT2D eigenvalue weighted by Crippen LogP contribution is 2.11. The topological polar surface area (TPSA) is 128 Å². The Balaban J connectivity index is 1.62. The van der Waals surface area contributed by atoms with Gasteiger partial charge in [0.1, 0.15) is 12.2 Å². The zero-order valence-corrected chi connectivity index (χ0v) is 16.4. The van der Waals surface area contributed by atoms with Gasteiger partial charge in [-0.15, -0.1) is 0 Å². The minimum Gasteiger partial charge on any atom is -0.454 e. The third-order valence-corrected chi connectivity index (χ3v) is 4.55. The number of amides is 1. The van der Waals surface area contributed by atoms with Gasteiger partial charge in [-0.2, -0.15) is 5.26 Å². The zero-order chi connectivity index (χ0) is 21.8. The van der Waals surface area contributed by atoms with Gasteiger partial charge in [0.2, 0.25) is 0 Å². The Labute approximate surface area is 170 Å². The molecular formula is C20H19N5O5. The van der Waals surface area contributed by atoms with Crippen LogP contribution in [0.25, 0.3) is 11.0 Å². The fraction of sp³-hybridized carbons (Fsp3) is 0.250. The van der Waals surface area contributed by atoms with Gasteiger partial charge in [-0.1, -0.05) is 12.1 Å². The van der Waals surface area contributed by atoms with Crippen LogP contribution in [0.4, 0.5) is 5.69 Å². The summed E-state index contributed by atoms with van der Waals surface area (Å²) in [6.07, 6.45) is 1.78. The van der Waals surface area contributed by atoms with E-state index in [1.807, 2.05) is 6.07 Å². The van der Waals surface area contributed by atoms with E-state index in [0.717, 1.165) is 10.1 Å². The minimum absolute atomic E-state index is 0.264. The molecule has 0 aliphatic heterocycles. The number of nitriles is 1. The van der Waals surface area contributed by atoms with Crippen LogP contribution in [0.5, 0.6) is 0 Å². The number of aryl methyl sites for hydroxylation is 1. The number of carbonyl (C=O) groups is 2. The Morgan fingerprint density at radius 1 is 1.10 bits per heavy atom. The molecule has 1 aromatic carbocycles. The molecule has 0 aliphatic carbocycles. The van der Waals surface area contributed by atoms with Crippen molar-refractivity contribution < 1.29 is 14.3 Å². The molecule has 0 spiro atoms. The van der Waals surface area contributed by atoms with Crippen LogP contribution in [0.2, 0.25) is 0 Å². The van der Waals surface area contributed by atoms with Crippen molar-refractivity contribution in [1.82, 2.24) is 13.7 Å². The predicted molar refractivity (Wildman–Crippen MR) is 108 cm³/mol. The van der Waals surface area contributed by atoms with Crippen LogP contribution >= 0.6 is 0 Å². The number of hydrogen-bond acceptors (Lipinski definition) is 6. The van der Waals surface area contributed by atoms with E-state index in [1.165, 1.54) is 35.5 Å². The molecule has 0 atom stereocenters. The van der Waals surface area contributed by atoms with Crippen LogP contribution in [0.1, 0.15) is 5.56 Å². The molecule has 0 saturated heterocycles. The molecule has 2 heterocycles. The predicted octanol–water partition coefficient (Wildman–Crippen LogP) is 0.287. The Morgan fingerprint density at radius 3 is 2.47 bits per heavy atom. The second-order valence-electron chi connectivity index (χ2n) is 6.63. The molecule has 1 N–H and O–H groups in total. The fourth-order valence-electron chi connectivity index (χ4n) is 3.04. The van der Waals surface area contributed by atoms with Crippen molar-refractivity contribution in [3.8, 4) is 6.07 Å². The fourth-order valence-corrected chi connectivity index (χ4v) is 3.04. The van der Waals surface area contributed by atoms with Gasteiger partial charge < -0.3 is 14.6 Å². The third kappa shape index (κ3) is 4.15. The lowest BCUT2D eigenvalue weighted by Crippen LogP contribution is -2.37. The molecule has 30 heavy (non-hydrogen) atoms. The molecule has 0 saturated carbocycles. The monoisotopic (exact) mass is 409 g/mol. The van der Waals surface area contributed by atoms with Gasteiger partial charge in [0.05, 0.1) is 17.9 Å². The van der Waals surface area contributed by atoms with E-state index in [-0.39, 0.29) is 13.0 Å². The van der Waals surface area contributed by atoms with Crippen LogP contribution in [0.15, 0.2) is 46.1 Å². The van der Waals surface area contributed by atoms with Crippen molar-refractivity contribution in [2.45, 2.75) is 13.0 Å². The number of benzene rings is 1. The van der Waals surface area contributed by atoms with Gasteiger partial charge in [-0.3, -0.25) is 23.5 Å². The standard InChI is InChI=1S/C20H19N5O5/c1-23-18-15(19(28)24(2)20(23)29)8-10-25(18)11-17(27)30-12-16(26)22-14-5-3-13(4-6-14)7-9-21/h3-6,8,10H,7,11-12H2,1-2H3,(H,22,26). The summed E-state index contributed by atoms with van der Waals surface area (Å²) in [6, 6.07) is 10.3. The summed E-state index contributed by atoms with van der Waals surface area (Å²) >= 11 is 0. The second kappa shape index (κ2) is 8.48. The molecule has 10 nitrogen and oxygen atoms in total. The van der Waals surface area contributed by atoms with E-state index in [0.29, 0.717) is 16.7 Å². The van der Waals surface area contributed by atoms with Gasteiger partial charge in [0.25, 0.3) is 11.5 Å². The molecular weight excluding hydrogens is 390 g/mol. The van der Waals surface area contributed by atoms with Crippen molar-refractivity contribution in [3.63, 3.8) is 0 Å². The highest BCUT2D eigenvalue weighted by Gasteiger charge is 2.15. The number of carbonyl (C=O) groups excluding carboxylic acids is 2. The van der Waals surface area contributed by atoms with Gasteiger partial charge in [-0.25, -0.2) is 4.79 Å². The summed E-state index contributed by atoms with van der Waals surface area (Å²) in [5.74, 6) is -1.21. The molecule has 0 radical (unpaired) electrons. The van der Waals surface area contributed by atoms with Crippen LogP contribution in [-0.4, -0.2) is 32.2 Å². The number of anilines is 1. The first-order valence-electron chi connectivity index (χ1n) is 8.98. The van der Waals surface area contributed by atoms with Gasteiger partial charge in [-0.05, 0) is 23.8 Å². The first kappa shape index (κ1) is 20.6. The van der Waals surface area contributed by atoms with E-state index >= 15 is 0 Å².